The molecule has 1 aromatic heterocycles. The Hall–Kier alpha value is -1.48. The van der Waals surface area contributed by atoms with Crippen molar-refractivity contribution in [3.63, 3.8) is 0 Å². The van der Waals surface area contributed by atoms with Crippen molar-refractivity contribution in [1.82, 2.24) is 14.7 Å². The minimum absolute atomic E-state index is 0.229. The van der Waals surface area contributed by atoms with Gasteiger partial charge in [0.1, 0.15) is 5.54 Å². The van der Waals surface area contributed by atoms with Gasteiger partial charge in [0.15, 0.2) is 0 Å². The van der Waals surface area contributed by atoms with Crippen LogP contribution >= 0.6 is 0 Å². The van der Waals surface area contributed by atoms with Crippen molar-refractivity contribution < 1.29 is 8.78 Å². The summed E-state index contributed by atoms with van der Waals surface area (Å²) in [6.45, 7) is 6.62. The molecule has 0 spiro atoms. The third kappa shape index (κ3) is 3.51. The SMILES string of the molecule is CC.Cc1cnn(C2(CC#N)CN(CC(F)F)C2)c1. The number of hydrogen-bond acceptors (Lipinski definition) is 3. The van der Waals surface area contributed by atoms with Gasteiger partial charge in [0.2, 0.25) is 0 Å². The Morgan fingerprint density at radius 1 is 1.47 bits per heavy atom. The molecule has 0 unspecified atom stereocenters. The van der Waals surface area contributed by atoms with E-state index in [1.165, 1.54) is 0 Å². The van der Waals surface area contributed by atoms with Crippen LogP contribution in [0.25, 0.3) is 0 Å². The van der Waals surface area contributed by atoms with Gasteiger partial charge in [-0.05, 0) is 12.5 Å². The molecule has 1 aromatic rings. The van der Waals surface area contributed by atoms with Crippen LogP contribution in [0.2, 0.25) is 0 Å². The number of aromatic nitrogens is 2. The maximum absolute atomic E-state index is 12.2. The van der Waals surface area contributed by atoms with Crippen molar-refractivity contribution >= 4 is 0 Å². The summed E-state index contributed by atoms with van der Waals surface area (Å²) in [7, 11) is 0. The fourth-order valence-electron chi connectivity index (χ4n) is 2.27. The van der Waals surface area contributed by atoms with Gasteiger partial charge in [-0.2, -0.15) is 10.4 Å². The molecular formula is C13H20F2N4. The molecule has 0 saturated carbocycles. The predicted octanol–water partition coefficient (Wildman–Crippen LogP) is 2.41. The summed E-state index contributed by atoms with van der Waals surface area (Å²) < 4.78 is 26.2. The number of halogens is 2. The molecule has 19 heavy (non-hydrogen) atoms. The smallest absolute Gasteiger partial charge is 0.251 e. The zero-order chi connectivity index (χ0) is 14.5. The van der Waals surface area contributed by atoms with E-state index in [9.17, 15) is 8.78 Å². The maximum Gasteiger partial charge on any atom is 0.251 e. The summed E-state index contributed by atoms with van der Waals surface area (Å²) in [5.41, 5.74) is 0.590. The molecular weight excluding hydrogens is 250 g/mol. The third-order valence-electron chi connectivity index (χ3n) is 3.04. The van der Waals surface area contributed by atoms with Crippen LogP contribution in [0.15, 0.2) is 12.4 Å². The fourth-order valence-corrected chi connectivity index (χ4v) is 2.27. The number of rotatable bonds is 4. The molecule has 1 aliphatic heterocycles. The van der Waals surface area contributed by atoms with E-state index in [2.05, 4.69) is 11.2 Å². The average Bonchev–Trinajstić information content (AvgIpc) is 2.75. The highest BCUT2D eigenvalue weighted by atomic mass is 19.3. The lowest BCUT2D eigenvalue weighted by Gasteiger charge is -2.49. The van der Waals surface area contributed by atoms with E-state index in [0.717, 1.165) is 5.56 Å². The minimum Gasteiger partial charge on any atom is -0.293 e. The molecule has 0 aliphatic carbocycles. The Labute approximate surface area is 112 Å². The van der Waals surface area contributed by atoms with E-state index in [4.69, 9.17) is 5.26 Å². The molecule has 1 fully saturated rings. The average molecular weight is 270 g/mol. The Bertz CT molecular complexity index is 430. The Morgan fingerprint density at radius 2 is 2.11 bits per heavy atom. The van der Waals surface area contributed by atoms with Crippen molar-refractivity contribution in [2.45, 2.75) is 39.2 Å². The molecule has 2 rings (SSSR count). The largest absolute Gasteiger partial charge is 0.293 e. The second-order valence-electron chi connectivity index (χ2n) is 4.58. The van der Waals surface area contributed by atoms with E-state index in [1.54, 1.807) is 15.8 Å². The first-order valence-electron chi connectivity index (χ1n) is 6.45. The minimum atomic E-state index is -2.32. The van der Waals surface area contributed by atoms with Crippen molar-refractivity contribution in [1.29, 1.82) is 5.26 Å². The highest BCUT2D eigenvalue weighted by molar-refractivity contribution is 5.10. The van der Waals surface area contributed by atoms with Crippen LogP contribution in [0.5, 0.6) is 0 Å². The molecule has 0 amide bonds. The monoisotopic (exact) mass is 270 g/mol. The molecule has 4 nitrogen and oxygen atoms in total. The van der Waals surface area contributed by atoms with Crippen LogP contribution in [0.1, 0.15) is 25.8 Å². The lowest BCUT2D eigenvalue weighted by Crippen LogP contribution is -2.63. The number of hydrogen-bond donors (Lipinski definition) is 0. The molecule has 0 radical (unpaired) electrons. The van der Waals surface area contributed by atoms with Crippen molar-refractivity contribution in [3.05, 3.63) is 18.0 Å². The summed E-state index contributed by atoms with van der Waals surface area (Å²) >= 11 is 0. The normalized spacial score (nSPS) is 17.3. The zero-order valence-corrected chi connectivity index (χ0v) is 11.6. The molecule has 0 atom stereocenters. The number of nitriles is 1. The van der Waals surface area contributed by atoms with Gasteiger partial charge < -0.3 is 0 Å². The summed E-state index contributed by atoms with van der Waals surface area (Å²) in [4.78, 5) is 1.65. The van der Waals surface area contributed by atoms with Crippen LogP contribution in [0.3, 0.4) is 0 Å². The number of alkyl halides is 2. The van der Waals surface area contributed by atoms with Crippen molar-refractivity contribution in [3.8, 4) is 6.07 Å². The first kappa shape index (κ1) is 15.6. The topological polar surface area (TPSA) is 44.9 Å². The van der Waals surface area contributed by atoms with Crippen LogP contribution < -0.4 is 0 Å². The predicted molar refractivity (Wildman–Crippen MR) is 69.0 cm³/mol. The van der Waals surface area contributed by atoms with Gasteiger partial charge in [-0.1, -0.05) is 13.8 Å². The fraction of sp³-hybridized carbons (Fsp3) is 0.692. The Morgan fingerprint density at radius 3 is 2.53 bits per heavy atom. The Kier molecular flexibility index (Phi) is 5.43. The first-order valence-corrected chi connectivity index (χ1v) is 6.45. The maximum atomic E-state index is 12.2. The van der Waals surface area contributed by atoms with Gasteiger partial charge in [0.05, 0.1) is 25.2 Å². The third-order valence-corrected chi connectivity index (χ3v) is 3.04. The second-order valence-corrected chi connectivity index (χ2v) is 4.58. The molecule has 1 saturated heterocycles. The first-order chi connectivity index (χ1) is 9.05. The van der Waals surface area contributed by atoms with Gasteiger partial charge in [-0.3, -0.25) is 9.58 Å². The van der Waals surface area contributed by atoms with E-state index in [1.807, 2.05) is 27.0 Å². The van der Waals surface area contributed by atoms with Crippen LogP contribution in [-0.4, -0.2) is 40.7 Å². The summed E-state index contributed by atoms with van der Waals surface area (Å²) in [5.74, 6) is 0. The van der Waals surface area contributed by atoms with Crippen molar-refractivity contribution in [2.24, 2.45) is 0 Å². The van der Waals surface area contributed by atoms with Gasteiger partial charge >= 0.3 is 0 Å². The van der Waals surface area contributed by atoms with E-state index in [0.29, 0.717) is 19.5 Å². The second kappa shape index (κ2) is 6.62. The molecule has 0 N–H and O–H groups in total. The molecule has 1 aliphatic rings. The lowest BCUT2D eigenvalue weighted by molar-refractivity contribution is -0.0312. The molecule has 0 bridgehead atoms. The van der Waals surface area contributed by atoms with Crippen LogP contribution in [-0.2, 0) is 5.54 Å². The molecule has 106 valence electrons. The summed E-state index contributed by atoms with van der Waals surface area (Å²) in [5, 5.41) is 13.0. The van der Waals surface area contributed by atoms with Crippen LogP contribution in [0, 0.1) is 18.3 Å². The quantitative estimate of drug-likeness (QED) is 0.844. The van der Waals surface area contributed by atoms with Crippen molar-refractivity contribution in [2.75, 3.05) is 19.6 Å². The highest BCUT2D eigenvalue weighted by Gasteiger charge is 2.45. The van der Waals surface area contributed by atoms with Gasteiger partial charge in [0.25, 0.3) is 6.43 Å². The molecule has 0 aromatic carbocycles. The van der Waals surface area contributed by atoms with Gasteiger partial charge in [-0.25, -0.2) is 8.78 Å². The number of nitrogens with zero attached hydrogens (tertiary/aromatic N) is 4. The standard InChI is InChI=1S/C11H14F2N4.C2H6/c1-9-4-15-17(5-9)11(2-3-14)7-16(8-11)6-10(12)13;1-2/h4-5,10H,2,6-8H2,1H3;1-2H3. The molecule has 2 heterocycles. The number of likely N-dealkylation sites (tertiary alicyclic amines) is 1. The van der Waals surface area contributed by atoms with Crippen LogP contribution in [0.4, 0.5) is 8.78 Å². The zero-order valence-electron chi connectivity index (χ0n) is 11.6. The Balaban J connectivity index is 0.000000861. The molecule has 6 heteroatoms. The van der Waals surface area contributed by atoms with Gasteiger partial charge in [-0.15, -0.1) is 0 Å². The number of aryl methyl sites for hydroxylation is 1. The van der Waals surface area contributed by atoms with E-state index in [-0.39, 0.29) is 6.54 Å². The summed E-state index contributed by atoms with van der Waals surface area (Å²) in [6, 6.07) is 2.12. The van der Waals surface area contributed by atoms with E-state index < -0.39 is 12.0 Å². The van der Waals surface area contributed by atoms with Gasteiger partial charge in [0, 0.05) is 19.3 Å². The highest BCUT2D eigenvalue weighted by Crippen LogP contribution is 2.32. The van der Waals surface area contributed by atoms with E-state index >= 15 is 0 Å². The lowest BCUT2D eigenvalue weighted by atomic mass is 9.87. The summed E-state index contributed by atoms with van der Waals surface area (Å²) in [6.07, 6.45) is 1.55.